The smallest absolute Gasteiger partial charge is 0.190 e. The number of nitrogens with zero attached hydrogens (tertiary/aromatic N) is 4. The number of allylic oxidation sites excluding steroid dienone is 1. The van der Waals surface area contributed by atoms with Crippen LogP contribution in [0.3, 0.4) is 0 Å². The van der Waals surface area contributed by atoms with E-state index in [1.165, 1.54) is 0 Å². The second kappa shape index (κ2) is 4.41. The van der Waals surface area contributed by atoms with E-state index in [9.17, 15) is 0 Å². The van der Waals surface area contributed by atoms with E-state index >= 15 is 0 Å². The maximum atomic E-state index is 8.97. The zero-order valence-electron chi connectivity index (χ0n) is 8.67. The standard InChI is InChI=1S/C12H10N4/c1-2-8-16-12(11(9-13)14-15-16)10-6-4-3-5-7-10/h2-7H,1,8H2. The third-order valence-electron chi connectivity index (χ3n) is 2.19. The summed E-state index contributed by atoms with van der Waals surface area (Å²) >= 11 is 0. The molecule has 4 nitrogen and oxygen atoms in total. The molecule has 0 aliphatic carbocycles. The first kappa shape index (κ1) is 10.1. The molecule has 1 aromatic heterocycles. The lowest BCUT2D eigenvalue weighted by Crippen LogP contribution is -2.00. The molecule has 0 aliphatic rings. The Balaban J connectivity index is 2.58. The molecule has 0 radical (unpaired) electrons. The highest BCUT2D eigenvalue weighted by Gasteiger charge is 2.13. The van der Waals surface area contributed by atoms with E-state index in [2.05, 4.69) is 16.9 Å². The van der Waals surface area contributed by atoms with Gasteiger partial charge in [-0.05, 0) is 0 Å². The Morgan fingerprint density at radius 3 is 2.75 bits per heavy atom. The number of benzene rings is 1. The molecule has 0 N–H and O–H groups in total. The average molecular weight is 210 g/mol. The van der Waals surface area contributed by atoms with Crippen molar-refractivity contribution in [2.24, 2.45) is 0 Å². The predicted molar refractivity (Wildman–Crippen MR) is 60.4 cm³/mol. The van der Waals surface area contributed by atoms with E-state index in [-0.39, 0.29) is 0 Å². The molecule has 0 fully saturated rings. The first-order valence-corrected chi connectivity index (χ1v) is 4.86. The summed E-state index contributed by atoms with van der Waals surface area (Å²) in [5.41, 5.74) is 2.02. The predicted octanol–water partition coefficient (Wildman–Crippen LogP) is 2.00. The maximum absolute atomic E-state index is 8.97. The summed E-state index contributed by atoms with van der Waals surface area (Å²) in [7, 11) is 0. The van der Waals surface area contributed by atoms with E-state index in [4.69, 9.17) is 5.26 Å². The van der Waals surface area contributed by atoms with Gasteiger partial charge in [-0.1, -0.05) is 41.6 Å². The molecule has 0 saturated carbocycles. The Bertz CT molecular complexity index is 534. The highest BCUT2D eigenvalue weighted by molar-refractivity contribution is 5.64. The van der Waals surface area contributed by atoms with Crippen LogP contribution in [0.5, 0.6) is 0 Å². The quantitative estimate of drug-likeness (QED) is 0.728. The molecule has 2 rings (SSSR count). The second-order valence-electron chi connectivity index (χ2n) is 3.24. The molecule has 2 aromatic rings. The lowest BCUT2D eigenvalue weighted by molar-refractivity contribution is 0.668. The summed E-state index contributed by atoms with van der Waals surface area (Å²) in [6.07, 6.45) is 1.72. The molecule has 0 amide bonds. The van der Waals surface area contributed by atoms with Gasteiger partial charge < -0.3 is 0 Å². The van der Waals surface area contributed by atoms with Gasteiger partial charge in [-0.25, -0.2) is 4.68 Å². The van der Waals surface area contributed by atoms with Crippen LogP contribution in [0, 0.1) is 11.3 Å². The first-order chi connectivity index (χ1) is 7.86. The van der Waals surface area contributed by atoms with Gasteiger partial charge in [-0.2, -0.15) is 5.26 Å². The van der Waals surface area contributed by atoms with Gasteiger partial charge in [0.1, 0.15) is 11.8 Å². The zero-order valence-corrected chi connectivity index (χ0v) is 8.67. The van der Waals surface area contributed by atoms with Crippen LogP contribution in [0.4, 0.5) is 0 Å². The molecule has 0 saturated heterocycles. The summed E-state index contributed by atoms with van der Waals surface area (Å²) < 4.78 is 1.67. The summed E-state index contributed by atoms with van der Waals surface area (Å²) in [6, 6.07) is 11.7. The first-order valence-electron chi connectivity index (χ1n) is 4.86. The minimum atomic E-state index is 0.341. The maximum Gasteiger partial charge on any atom is 0.190 e. The van der Waals surface area contributed by atoms with Crippen LogP contribution in [0.1, 0.15) is 5.69 Å². The normalized spacial score (nSPS) is 9.69. The fraction of sp³-hybridized carbons (Fsp3) is 0.0833. The van der Waals surface area contributed by atoms with Crippen molar-refractivity contribution in [3.05, 3.63) is 48.7 Å². The summed E-state index contributed by atoms with van der Waals surface area (Å²) in [5.74, 6) is 0. The Hall–Kier alpha value is -2.41. The molecule has 0 bridgehead atoms. The number of aromatic nitrogens is 3. The Kier molecular flexibility index (Phi) is 2.79. The molecule has 78 valence electrons. The van der Waals surface area contributed by atoms with Gasteiger partial charge in [0.2, 0.25) is 0 Å². The van der Waals surface area contributed by atoms with Gasteiger partial charge in [0, 0.05) is 5.56 Å². The Morgan fingerprint density at radius 1 is 1.38 bits per heavy atom. The number of rotatable bonds is 3. The van der Waals surface area contributed by atoms with Gasteiger partial charge in [0.25, 0.3) is 0 Å². The fourth-order valence-corrected chi connectivity index (χ4v) is 1.52. The van der Waals surface area contributed by atoms with E-state index in [1.807, 2.05) is 36.4 Å². The largest absolute Gasteiger partial charge is 0.239 e. The molecule has 0 aliphatic heterocycles. The van der Waals surface area contributed by atoms with Gasteiger partial charge in [0.05, 0.1) is 6.54 Å². The number of hydrogen-bond donors (Lipinski definition) is 0. The van der Waals surface area contributed by atoms with Crippen molar-refractivity contribution in [1.82, 2.24) is 15.0 Å². The zero-order chi connectivity index (χ0) is 11.4. The molecule has 1 aromatic carbocycles. The van der Waals surface area contributed by atoms with Gasteiger partial charge in [-0.15, -0.1) is 11.7 Å². The van der Waals surface area contributed by atoms with Crippen molar-refractivity contribution in [2.75, 3.05) is 0 Å². The van der Waals surface area contributed by atoms with Crippen molar-refractivity contribution in [2.45, 2.75) is 6.54 Å². The average Bonchev–Trinajstić information content (AvgIpc) is 2.74. The molecule has 4 heteroatoms. The second-order valence-corrected chi connectivity index (χ2v) is 3.24. The van der Waals surface area contributed by atoms with Crippen molar-refractivity contribution >= 4 is 0 Å². The molecule has 16 heavy (non-hydrogen) atoms. The molecule has 0 atom stereocenters. The van der Waals surface area contributed by atoms with E-state index in [1.54, 1.807) is 10.8 Å². The molecular weight excluding hydrogens is 200 g/mol. The van der Waals surface area contributed by atoms with Crippen LogP contribution in [0.25, 0.3) is 11.3 Å². The molecule has 0 unspecified atom stereocenters. The molecule has 0 spiro atoms. The van der Waals surface area contributed by atoms with Crippen molar-refractivity contribution in [1.29, 1.82) is 5.26 Å². The number of hydrogen-bond acceptors (Lipinski definition) is 3. The van der Waals surface area contributed by atoms with Crippen molar-refractivity contribution in [3.8, 4) is 17.3 Å². The van der Waals surface area contributed by atoms with Crippen LogP contribution in [-0.2, 0) is 6.54 Å². The van der Waals surface area contributed by atoms with Gasteiger partial charge in [0.15, 0.2) is 5.69 Å². The van der Waals surface area contributed by atoms with Crippen molar-refractivity contribution in [3.63, 3.8) is 0 Å². The number of nitriles is 1. The molecular formula is C12H10N4. The van der Waals surface area contributed by atoms with E-state index < -0.39 is 0 Å². The molecule has 1 heterocycles. The summed E-state index contributed by atoms with van der Waals surface area (Å²) in [5, 5.41) is 16.7. The monoisotopic (exact) mass is 210 g/mol. The Morgan fingerprint density at radius 2 is 2.12 bits per heavy atom. The fourth-order valence-electron chi connectivity index (χ4n) is 1.52. The lowest BCUT2D eigenvalue weighted by Gasteiger charge is -2.03. The van der Waals surface area contributed by atoms with Crippen LogP contribution in [-0.4, -0.2) is 15.0 Å². The Labute approximate surface area is 93.4 Å². The lowest BCUT2D eigenvalue weighted by atomic mass is 10.1. The SMILES string of the molecule is C=CCn1nnc(C#N)c1-c1ccccc1. The minimum absolute atomic E-state index is 0.341. The van der Waals surface area contributed by atoms with Gasteiger partial charge in [-0.3, -0.25) is 0 Å². The minimum Gasteiger partial charge on any atom is -0.239 e. The highest BCUT2D eigenvalue weighted by atomic mass is 15.4. The van der Waals surface area contributed by atoms with Crippen LogP contribution < -0.4 is 0 Å². The third kappa shape index (κ3) is 1.71. The van der Waals surface area contributed by atoms with E-state index in [0.717, 1.165) is 11.3 Å². The summed E-state index contributed by atoms with van der Waals surface area (Å²) in [4.78, 5) is 0. The topological polar surface area (TPSA) is 54.5 Å². The third-order valence-corrected chi connectivity index (χ3v) is 2.19. The van der Waals surface area contributed by atoms with Crippen LogP contribution in [0.15, 0.2) is 43.0 Å². The van der Waals surface area contributed by atoms with Crippen LogP contribution in [0.2, 0.25) is 0 Å². The van der Waals surface area contributed by atoms with Crippen molar-refractivity contribution < 1.29 is 0 Å². The highest BCUT2D eigenvalue weighted by Crippen LogP contribution is 2.21. The van der Waals surface area contributed by atoms with E-state index in [0.29, 0.717) is 12.2 Å². The van der Waals surface area contributed by atoms with Crippen LogP contribution >= 0.6 is 0 Å². The summed E-state index contributed by atoms with van der Waals surface area (Å²) in [6.45, 7) is 4.19. The van der Waals surface area contributed by atoms with Gasteiger partial charge >= 0.3 is 0 Å².